The molecule has 0 radical (unpaired) electrons. The number of pyridine rings is 1. The number of aromatic amines is 1. The van der Waals surface area contributed by atoms with Crippen molar-refractivity contribution in [3.8, 4) is 11.3 Å². The number of halogens is 1. The minimum Gasteiger partial charge on any atom is -0.388 e. The molecule has 1 unspecified atom stereocenters. The average molecular weight is 609 g/mol. The second-order valence-corrected chi connectivity index (χ2v) is 12.3. The van der Waals surface area contributed by atoms with Gasteiger partial charge in [0.25, 0.3) is 11.5 Å². The summed E-state index contributed by atoms with van der Waals surface area (Å²) >= 11 is 6.34. The van der Waals surface area contributed by atoms with Crippen LogP contribution in [0.25, 0.3) is 22.4 Å². The van der Waals surface area contributed by atoms with E-state index in [2.05, 4.69) is 43.5 Å². The Hall–Kier alpha value is -3.77. The summed E-state index contributed by atoms with van der Waals surface area (Å²) in [6.07, 6.45) is 12.5. The lowest BCUT2D eigenvalue weighted by atomic mass is 9.83. The van der Waals surface area contributed by atoms with Crippen LogP contribution in [0.3, 0.4) is 0 Å². The van der Waals surface area contributed by atoms with Crippen molar-refractivity contribution in [1.82, 2.24) is 24.5 Å². The number of allylic oxidation sites excluding steroid dienone is 1. The molecule has 6 rings (SSSR count). The Morgan fingerprint density at radius 2 is 2.05 bits per heavy atom. The van der Waals surface area contributed by atoms with Crippen molar-refractivity contribution >= 4 is 40.7 Å². The number of nitrogens with two attached hydrogens (primary N) is 1. The molecule has 1 aliphatic heterocycles. The number of aromatic nitrogens is 5. The number of fused-ring (bicyclic) bond motifs is 1. The topological polar surface area (TPSA) is 165 Å². The van der Waals surface area contributed by atoms with Gasteiger partial charge in [-0.3, -0.25) is 10.2 Å². The van der Waals surface area contributed by atoms with Crippen molar-refractivity contribution in [1.29, 1.82) is 5.41 Å². The number of hydrogen-bond donors (Lipinski definition) is 3. The molecule has 228 valence electrons. The first kappa shape index (κ1) is 29.3. The Morgan fingerprint density at radius 3 is 2.79 bits per heavy atom. The zero-order valence-electron chi connectivity index (χ0n) is 24.2. The quantitative estimate of drug-likeness (QED) is 0.207. The second-order valence-electron chi connectivity index (χ2n) is 11.9. The van der Waals surface area contributed by atoms with Crippen LogP contribution in [0.15, 0.2) is 29.2 Å². The lowest BCUT2D eigenvalue weighted by Gasteiger charge is -2.41. The summed E-state index contributed by atoms with van der Waals surface area (Å²) in [7, 11) is 0. The van der Waals surface area contributed by atoms with Gasteiger partial charge in [-0.15, -0.1) is 0 Å². The molecular weight excluding hydrogens is 572 g/mol. The molecule has 2 fully saturated rings. The minimum absolute atomic E-state index is 0.0779. The van der Waals surface area contributed by atoms with Crippen molar-refractivity contribution in [2.24, 2.45) is 23.5 Å². The van der Waals surface area contributed by atoms with E-state index in [0.29, 0.717) is 60.2 Å². The van der Waals surface area contributed by atoms with E-state index in [-0.39, 0.29) is 23.1 Å². The summed E-state index contributed by atoms with van der Waals surface area (Å²) in [4.78, 5) is 43.9. The molecule has 13 heteroatoms. The van der Waals surface area contributed by atoms with Crippen LogP contribution >= 0.6 is 11.6 Å². The highest BCUT2D eigenvalue weighted by molar-refractivity contribution is 6.30. The number of carbonyl (C=O) groups excluding carboxylic acids is 1. The van der Waals surface area contributed by atoms with Gasteiger partial charge < -0.3 is 29.7 Å². The van der Waals surface area contributed by atoms with E-state index in [1.54, 1.807) is 0 Å². The number of carbonyl (C=O) groups is 1. The number of hydrogen-bond acceptors (Lipinski definition) is 9. The van der Waals surface area contributed by atoms with Crippen LogP contribution < -0.4 is 16.2 Å². The van der Waals surface area contributed by atoms with Gasteiger partial charge in [-0.25, -0.2) is 14.8 Å². The SMILES string of the molecule is CC1CCC(Cn2c(N3CCOC[C@H]3C3C=CCCC3)nc3nc(C(=N)OC(N)=O)nc(-c4cc(Cl)c[nH]c4=O)c32)CC1. The van der Waals surface area contributed by atoms with Crippen LogP contribution in [-0.4, -0.2) is 62.3 Å². The highest BCUT2D eigenvalue weighted by atomic mass is 35.5. The zero-order valence-corrected chi connectivity index (χ0v) is 25.0. The molecule has 1 saturated carbocycles. The van der Waals surface area contributed by atoms with E-state index in [1.165, 1.54) is 12.3 Å². The molecule has 2 aliphatic carbocycles. The molecule has 12 nitrogen and oxygen atoms in total. The molecule has 3 aromatic rings. The average Bonchev–Trinajstić information content (AvgIpc) is 3.37. The summed E-state index contributed by atoms with van der Waals surface area (Å²) in [5, 5.41) is 8.62. The van der Waals surface area contributed by atoms with Crippen molar-refractivity contribution in [2.45, 2.75) is 64.5 Å². The number of anilines is 1. The largest absolute Gasteiger partial charge is 0.411 e. The van der Waals surface area contributed by atoms with Crippen molar-refractivity contribution in [3.63, 3.8) is 0 Å². The summed E-state index contributed by atoms with van der Waals surface area (Å²) in [6.45, 7) is 4.76. The predicted molar refractivity (Wildman–Crippen MR) is 163 cm³/mol. The Labute approximate surface area is 254 Å². The number of ether oxygens (including phenoxy) is 2. The minimum atomic E-state index is -1.16. The van der Waals surface area contributed by atoms with Crippen LogP contribution in [-0.2, 0) is 16.0 Å². The number of morpholine rings is 1. The van der Waals surface area contributed by atoms with Gasteiger partial charge in [-0.1, -0.05) is 43.5 Å². The van der Waals surface area contributed by atoms with Crippen LogP contribution in [0.1, 0.15) is 57.7 Å². The molecule has 2 atom stereocenters. The number of nitrogens with one attached hydrogen (secondary N) is 2. The molecule has 4 heterocycles. The summed E-state index contributed by atoms with van der Waals surface area (Å²) in [5.74, 6) is 1.30. The van der Waals surface area contributed by atoms with Gasteiger partial charge in [-0.2, -0.15) is 4.98 Å². The molecule has 4 N–H and O–H groups in total. The third-order valence-corrected chi connectivity index (χ3v) is 9.11. The maximum absolute atomic E-state index is 13.2. The maximum atomic E-state index is 13.2. The summed E-state index contributed by atoms with van der Waals surface area (Å²) < 4.78 is 13.0. The van der Waals surface area contributed by atoms with Gasteiger partial charge in [0.1, 0.15) is 11.2 Å². The fraction of sp³-hybridized carbons (Fsp3) is 0.533. The molecule has 3 aliphatic rings. The van der Waals surface area contributed by atoms with Crippen molar-refractivity contribution in [3.05, 3.63) is 45.6 Å². The van der Waals surface area contributed by atoms with Crippen molar-refractivity contribution < 1.29 is 14.3 Å². The fourth-order valence-electron chi connectivity index (χ4n) is 6.64. The normalized spacial score (nSPS) is 24.3. The van der Waals surface area contributed by atoms with Crippen LogP contribution in [0, 0.1) is 23.2 Å². The number of amides is 1. The van der Waals surface area contributed by atoms with E-state index < -0.39 is 17.6 Å². The van der Waals surface area contributed by atoms with Gasteiger partial charge in [0.15, 0.2) is 5.65 Å². The maximum Gasteiger partial charge on any atom is 0.411 e. The molecule has 3 aromatic heterocycles. The Bertz CT molecular complexity index is 1610. The first-order chi connectivity index (χ1) is 20.8. The van der Waals surface area contributed by atoms with E-state index >= 15 is 0 Å². The molecule has 0 bridgehead atoms. The van der Waals surface area contributed by atoms with E-state index in [4.69, 9.17) is 37.2 Å². The fourth-order valence-corrected chi connectivity index (χ4v) is 6.80. The highest BCUT2D eigenvalue weighted by Crippen LogP contribution is 2.37. The molecule has 43 heavy (non-hydrogen) atoms. The lowest BCUT2D eigenvalue weighted by Crippen LogP contribution is -2.50. The van der Waals surface area contributed by atoms with Crippen molar-refractivity contribution in [2.75, 3.05) is 24.7 Å². The van der Waals surface area contributed by atoms with Crippen LogP contribution in [0.4, 0.5) is 10.7 Å². The van der Waals surface area contributed by atoms with E-state index in [0.717, 1.165) is 50.9 Å². The summed E-state index contributed by atoms with van der Waals surface area (Å²) in [6, 6.07) is 1.61. The Kier molecular flexibility index (Phi) is 8.49. The molecule has 1 saturated heterocycles. The third kappa shape index (κ3) is 6.16. The Balaban J connectivity index is 1.57. The van der Waals surface area contributed by atoms with Gasteiger partial charge >= 0.3 is 6.09 Å². The smallest absolute Gasteiger partial charge is 0.388 e. The number of imidazole rings is 1. The van der Waals surface area contributed by atoms with Gasteiger partial charge in [0.2, 0.25) is 11.8 Å². The molecular formula is C30H37ClN8O4. The standard InChI is InChI=1S/C30H37ClN8O4/c1-17-7-9-18(10-8-17)15-39-24-23(21-13-20(31)14-34-28(21)40)35-27(25(32)43-29(33)41)36-26(24)37-30(39)38-11-12-42-16-22(38)19-5-3-2-4-6-19/h3,5,13-14,17-19,22,32H,2,4,6-12,15-16H2,1H3,(H2,33,41)(H,34,40)/t17?,18?,19?,22-/m0/s1. The predicted octanol–water partition coefficient (Wildman–Crippen LogP) is 4.64. The molecule has 0 spiro atoms. The monoisotopic (exact) mass is 608 g/mol. The van der Waals surface area contributed by atoms with Gasteiger partial charge in [-0.05, 0) is 55.9 Å². The van der Waals surface area contributed by atoms with Gasteiger partial charge in [0.05, 0.1) is 29.8 Å². The zero-order chi connectivity index (χ0) is 30.1. The third-order valence-electron chi connectivity index (χ3n) is 8.90. The number of primary amides is 1. The van der Waals surface area contributed by atoms with E-state index in [9.17, 15) is 9.59 Å². The van der Waals surface area contributed by atoms with Gasteiger partial charge in [0, 0.05) is 19.3 Å². The highest BCUT2D eigenvalue weighted by Gasteiger charge is 2.35. The summed E-state index contributed by atoms with van der Waals surface area (Å²) in [5.41, 5.74) is 6.10. The van der Waals surface area contributed by atoms with E-state index in [1.807, 2.05) is 0 Å². The van der Waals surface area contributed by atoms with Crippen LogP contribution in [0.5, 0.6) is 0 Å². The molecule has 0 aromatic carbocycles. The number of nitrogens with zero attached hydrogens (tertiary/aromatic N) is 5. The van der Waals surface area contributed by atoms with Crippen LogP contribution in [0.2, 0.25) is 5.02 Å². The Morgan fingerprint density at radius 1 is 1.23 bits per heavy atom. The number of H-pyrrole nitrogens is 1. The lowest BCUT2D eigenvalue weighted by molar-refractivity contribution is 0.0785. The second kappa shape index (κ2) is 12.5. The first-order valence-electron chi connectivity index (χ1n) is 15.0. The first-order valence-corrected chi connectivity index (χ1v) is 15.4. The number of rotatable bonds is 6. The molecule has 1 amide bonds.